The Hall–Kier alpha value is -2.98. The Bertz CT molecular complexity index is 939. The van der Waals surface area contributed by atoms with E-state index in [1.54, 1.807) is 13.0 Å². The Morgan fingerprint density at radius 2 is 1.48 bits per heavy atom. The molecule has 158 valence electrons. The molecule has 0 aliphatic carbocycles. The Morgan fingerprint density at radius 3 is 2.03 bits per heavy atom. The third kappa shape index (κ3) is 5.75. The van der Waals surface area contributed by atoms with Crippen LogP contribution in [0.4, 0.5) is 0 Å². The highest BCUT2D eigenvalue weighted by molar-refractivity contribution is 7.89. The van der Waals surface area contributed by atoms with Crippen LogP contribution in [0.25, 0.3) is 0 Å². The maximum Gasteiger partial charge on any atom is 0.266 e. The van der Waals surface area contributed by atoms with Crippen LogP contribution in [-0.4, -0.2) is 41.8 Å². The summed E-state index contributed by atoms with van der Waals surface area (Å²) in [4.78, 5) is 14.3. The van der Waals surface area contributed by atoms with Crippen molar-refractivity contribution < 1.29 is 32.2 Å². The molecule has 0 unspecified atom stereocenters. The smallest absolute Gasteiger partial charge is 0.266 e. The van der Waals surface area contributed by atoms with E-state index in [2.05, 4.69) is 10.3 Å². The van der Waals surface area contributed by atoms with Crippen LogP contribution in [0.1, 0.15) is 24.2 Å². The van der Waals surface area contributed by atoms with Crippen LogP contribution in [0.3, 0.4) is 0 Å². The average molecular weight is 424 g/mol. The number of ether oxygens (including phenoxy) is 4. The van der Waals surface area contributed by atoms with Gasteiger partial charge in [-0.05, 0) is 38.1 Å². The number of carbonyl (C=O) groups is 1. The number of sulfonamides is 1. The minimum absolute atomic E-state index is 0.0899. The molecule has 0 saturated heterocycles. The van der Waals surface area contributed by atoms with E-state index in [0.29, 0.717) is 36.2 Å². The Balaban J connectivity index is 2.19. The van der Waals surface area contributed by atoms with Crippen LogP contribution in [0.5, 0.6) is 23.0 Å². The number of hydrogen-bond acceptors (Lipinski definition) is 7. The third-order valence-electron chi connectivity index (χ3n) is 3.74. The van der Waals surface area contributed by atoms with E-state index in [0.717, 1.165) is 0 Å². The summed E-state index contributed by atoms with van der Waals surface area (Å²) in [5.74, 6) is 0.832. The molecule has 1 amide bonds. The largest absolute Gasteiger partial charge is 0.497 e. The van der Waals surface area contributed by atoms with Crippen LogP contribution in [0.2, 0.25) is 0 Å². The van der Waals surface area contributed by atoms with Gasteiger partial charge in [0.2, 0.25) is 0 Å². The van der Waals surface area contributed by atoms with Crippen LogP contribution in [0, 0.1) is 0 Å². The van der Waals surface area contributed by atoms with Gasteiger partial charge in [0.25, 0.3) is 15.9 Å². The monoisotopic (exact) mass is 424 g/mol. The van der Waals surface area contributed by atoms with Crippen molar-refractivity contribution in [1.82, 2.24) is 10.3 Å². The van der Waals surface area contributed by atoms with Gasteiger partial charge in [0, 0.05) is 17.7 Å². The third-order valence-corrected chi connectivity index (χ3v) is 4.98. The second-order valence-electron chi connectivity index (χ2n) is 5.64. The zero-order valence-electron chi connectivity index (χ0n) is 16.6. The second-order valence-corrected chi connectivity index (χ2v) is 7.32. The van der Waals surface area contributed by atoms with E-state index < -0.39 is 15.9 Å². The highest BCUT2D eigenvalue weighted by Gasteiger charge is 2.19. The highest BCUT2D eigenvalue weighted by Crippen LogP contribution is 2.30. The summed E-state index contributed by atoms with van der Waals surface area (Å²) < 4.78 is 46.2. The molecule has 0 aliphatic rings. The first-order chi connectivity index (χ1) is 13.8. The van der Waals surface area contributed by atoms with Gasteiger partial charge in [-0.3, -0.25) is 10.2 Å². The lowest BCUT2D eigenvalue weighted by atomic mass is 10.2. The number of methoxy groups -OCH3 is 2. The second kappa shape index (κ2) is 9.99. The fraction of sp³-hybridized carbons (Fsp3) is 0.316. The van der Waals surface area contributed by atoms with E-state index >= 15 is 0 Å². The van der Waals surface area contributed by atoms with Gasteiger partial charge in [-0.25, -0.2) is 8.42 Å². The van der Waals surface area contributed by atoms with Gasteiger partial charge in [-0.2, -0.15) is 0 Å². The molecule has 2 aromatic carbocycles. The van der Waals surface area contributed by atoms with Gasteiger partial charge >= 0.3 is 0 Å². The SMILES string of the molecule is CCOc1ccc(S(=O)(=O)NNC(=O)c2cc(OC)cc(OC)c2)cc1OCC. The lowest BCUT2D eigenvalue weighted by Gasteiger charge is -2.14. The van der Waals surface area contributed by atoms with Gasteiger partial charge in [0.15, 0.2) is 11.5 Å². The molecule has 0 aromatic heterocycles. The first kappa shape index (κ1) is 22.3. The van der Waals surface area contributed by atoms with Crippen molar-refractivity contribution in [3.8, 4) is 23.0 Å². The number of amides is 1. The van der Waals surface area contributed by atoms with Gasteiger partial charge in [-0.1, -0.05) is 0 Å². The fourth-order valence-electron chi connectivity index (χ4n) is 2.38. The Labute approximate surface area is 169 Å². The van der Waals surface area contributed by atoms with E-state index in [4.69, 9.17) is 18.9 Å². The molecule has 9 nitrogen and oxygen atoms in total. The Kier molecular flexibility index (Phi) is 7.68. The number of benzene rings is 2. The van der Waals surface area contributed by atoms with Crippen molar-refractivity contribution in [2.75, 3.05) is 27.4 Å². The Morgan fingerprint density at radius 1 is 0.897 bits per heavy atom. The molecule has 10 heteroatoms. The lowest BCUT2D eigenvalue weighted by Crippen LogP contribution is -2.41. The molecule has 2 aromatic rings. The van der Waals surface area contributed by atoms with Crippen molar-refractivity contribution in [3.05, 3.63) is 42.0 Å². The molecule has 0 heterocycles. The van der Waals surface area contributed by atoms with Crippen molar-refractivity contribution in [3.63, 3.8) is 0 Å². The van der Waals surface area contributed by atoms with Gasteiger partial charge < -0.3 is 18.9 Å². The maximum absolute atomic E-state index is 12.6. The topological polar surface area (TPSA) is 112 Å². The molecule has 0 spiro atoms. The van der Waals surface area contributed by atoms with E-state index in [1.165, 1.54) is 44.6 Å². The first-order valence-corrected chi connectivity index (χ1v) is 10.3. The summed E-state index contributed by atoms with van der Waals surface area (Å²) in [7, 11) is -1.16. The van der Waals surface area contributed by atoms with E-state index in [-0.39, 0.29) is 10.5 Å². The number of rotatable bonds is 10. The number of hydrogen-bond donors (Lipinski definition) is 2. The lowest BCUT2D eigenvalue weighted by molar-refractivity contribution is 0.0944. The number of hydrazine groups is 1. The van der Waals surface area contributed by atoms with Crippen molar-refractivity contribution in [2.24, 2.45) is 0 Å². The average Bonchev–Trinajstić information content (AvgIpc) is 2.73. The molecule has 29 heavy (non-hydrogen) atoms. The maximum atomic E-state index is 12.6. The molecule has 2 rings (SSSR count). The van der Waals surface area contributed by atoms with Crippen LogP contribution < -0.4 is 29.2 Å². The quantitative estimate of drug-likeness (QED) is 0.562. The van der Waals surface area contributed by atoms with Crippen LogP contribution in [0.15, 0.2) is 41.3 Å². The summed E-state index contributed by atoms with van der Waals surface area (Å²) in [6.07, 6.45) is 0. The highest BCUT2D eigenvalue weighted by atomic mass is 32.2. The molecule has 0 radical (unpaired) electrons. The summed E-state index contributed by atoms with van der Waals surface area (Å²) in [5.41, 5.74) is 2.33. The number of nitrogens with one attached hydrogen (secondary N) is 2. The van der Waals surface area contributed by atoms with E-state index in [9.17, 15) is 13.2 Å². The molecule has 2 N–H and O–H groups in total. The molecule has 0 atom stereocenters. The summed E-state index contributed by atoms with van der Waals surface area (Å²) in [5, 5.41) is 0. The number of carbonyl (C=O) groups excluding carboxylic acids is 1. The van der Waals surface area contributed by atoms with Crippen molar-refractivity contribution in [2.45, 2.75) is 18.7 Å². The minimum Gasteiger partial charge on any atom is -0.497 e. The van der Waals surface area contributed by atoms with Gasteiger partial charge in [0.05, 0.1) is 32.3 Å². The summed E-state index contributed by atoms with van der Waals surface area (Å²) in [6.45, 7) is 4.33. The van der Waals surface area contributed by atoms with Gasteiger partial charge in [0.1, 0.15) is 11.5 Å². The molecule has 0 fully saturated rings. The van der Waals surface area contributed by atoms with Crippen molar-refractivity contribution in [1.29, 1.82) is 0 Å². The zero-order valence-corrected chi connectivity index (χ0v) is 17.5. The van der Waals surface area contributed by atoms with Crippen LogP contribution >= 0.6 is 0 Å². The fourth-order valence-corrected chi connectivity index (χ4v) is 3.24. The predicted molar refractivity (Wildman–Crippen MR) is 106 cm³/mol. The summed E-state index contributed by atoms with van der Waals surface area (Å²) >= 11 is 0. The molecule has 0 saturated carbocycles. The summed E-state index contributed by atoms with van der Waals surface area (Å²) in [6, 6.07) is 8.69. The standard InChI is InChI=1S/C19H24N2O7S/c1-5-27-17-8-7-16(12-18(17)28-6-2)29(23,24)21-20-19(22)13-9-14(25-3)11-15(10-13)26-4/h7-12,21H,5-6H2,1-4H3,(H,20,22). The van der Waals surface area contributed by atoms with Crippen LogP contribution in [-0.2, 0) is 10.0 Å². The molecular weight excluding hydrogens is 400 g/mol. The van der Waals surface area contributed by atoms with Gasteiger partial charge in [-0.15, -0.1) is 4.83 Å². The van der Waals surface area contributed by atoms with E-state index in [1.807, 2.05) is 6.92 Å². The molecule has 0 aliphatic heterocycles. The first-order valence-electron chi connectivity index (χ1n) is 8.79. The predicted octanol–water partition coefficient (Wildman–Crippen LogP) is 2.12. The normalized spacial score (nSPS) is 10.9. The minimum atomic E-state index is -4.05. The zero-order chi connectivity index (χ0) is 21.4. The molecular formula is C19H24N2O7S. The molecule has 0 bridgehead atoms. The van der Waals surface area contributed by atoms with Crippen molar-refractivity contribution >= 4 is 15.9 Å².